The summed E-state index contributed by atoms with van der Waals surface area (Å²) in [6.45, 7) is 4.13. The molecule has 2 heterocycles. The second kappa shape index (κ2) is 6.58. The van der Waals surface area contributed by atoms with Crippen LogP contribution in [0.1, 0.15) is 21.6 Å². The third kappa shape index (κ3) is 3.54. The Morgan fingerprint density at radius 3 is 2.62 bits per heavy atom. The Labute approximate surface area is 134 Å². The SMILES string of the molecule is Cc1sc(CN)cc1S(=O)(=O)N(C)C(C)Cc1cccs1. The molecule has 4 nitrogen and oxygen atoms in total. The summed E-state index contributed by atoms with van der Waals surface area (Å²) in [5.74, 6) is 0. The van der Waals surface area contributed by atoms with E-state index in [9.17, 15) is 8.42 Å². The van der Waals surface area contributed by atoms with Crippen LogP contribution in [0.4, 0.5) is 0 Å². The number of nitrogens with two attached hydrogens (primary N) is 1. The van der Waals surface area contributed by atoms with Gasteiger partial charge in [-0.05, 0) is 37.8 Å². The van der Waals surface area contributed by atoms with E-state index in [1.54, 1.807) is 24.5 Å². The van der Waals surface area contributed by atoms with Crippen molar-refractivity contribution in [1.29, 1.82) is 0 Å². The normalized spacial score (nSPS) is 13.8. The minimum atomic E-state index is -3.47. The van der Waals surface area contributed by atoms with Crippen molar-refractivity contribution in [3.63, 3.8) is 0 Å². The third-order valence-corrected chi connectivity index (χ3v) is 7.68. The Morgan fingerprint density at radius 2 is 2.10 bits per heavy atom. The summed E-state index contributed by atoms with van der Waals surface area (Å²) >= 11 is 3.10. The molecule has 0 radical (unpaired) electrons. The van der Waals surface area contributed by atoms with Gasteiger partial charge in [0.25, 0.3) is 0 Å². The van der Waals surface area contributed by atoms with Crippen molar-refractivity contribution in [1.82, 2.24) is 4.31 Å². The molecule has 1 unspecified atom stereocenters. The third-order valence-electron chi connectivity index (χ3n) is 3.48. The van der Waals surface area contributed by atoms with Crippen molar-refractivity contribution >= 4 is 32.7 Å². The predicted molar refractivity (Wildman–Crippen MR) is 89.4 cm³/mol. The van der Waals surface area contributed by atoms with Gasteiger partial charge in [0.15, 0.2) is 0 Å². The Morgan fingerprint density at radius 1 is 1.38 bits per heavy atom. The summed E-state index contributed by atoms with van der Waals surface area (Å²) in [5.41, 5.74) is 5.60. The van der Waals surface area contributed by atoms with Crippen LogP contribution in [-0.2, 0) is 23.0 Å². The van der Waals surface area contributed by atoms with E-state index in [4.69, 9.17) is 5.73 Å². The predicted octanol–water partition coefficient (Wildman–Crippen LogP) is 2.83. The van der Waals surface area contributed by atoms with Gasteiger partial charge >= 0.3 is 0 Å². The number of thiophene rings is 2. The van der Waals surface area contributed by atoms with Gasteiger partial charge in [-0.25, -0.2) is 8.42 Å². The molecule has 2 aromatic heterocycles. The summed E-state index contributed by atoms with van der Waals surface area (Å²) in [5, 5.41) is 2.01. The van der Waals surface area contributed by atoms with Crippen LogP contribution in [0.2, 0.25) is 0 Å². The Kier molecular flexibility index (Phi) is 5.21. The number of sulfonamides is 1. The molecular formula is C14H20N2O2S3. The number of nitrogens with zero attached hydrogens (tertiary/aromatic N) is 1. The molecule has 2 aromatic rings. The summed E-state index contributed by atoms with van der Waals surface area (Å²) in [4.78, 5) is 3.26. The molecule has 0 aromatic carbocycles. The second-order valence-corrected chi connectivity index (χ2v) is 9.33. The quantitative estimate of drug-likeness (QED) is 0.876. The number of likely N-dealkylation sites (N-methyl/N-ethyl adjacent to an activating group) is 1. The van der Waals surface area contributed by atoms with Crippen molar-refractivity contribution < 1.29 is 8.42 Å². The summed E-state index contributed by atoms with van der Waals surface area (Å²) < 4.78 is 27.0. The van der Waals surface area contributed by atoms with E-state index in [2.05, 4.69) is 0 Å². The van der Waals surface area contributed by atoms with Gasteiger partial charge in [-0.3, -0.25) is 0 Å². The lowest BCUT2D eigenvalue weighted by Gasteiger charge is -2.23. The van der Waals surface area contributed by atoms with Crippen LogP contribution in [0.5, 0.6) is 0 Å². The van der Waals surface area contributed by atoms with Crippen molar-refractivity contribution in [3.8, 4) is 0 Å². The molecular weight excluding hydrogens is 324 g/mol. The van der Waals surface area contributed by atoms with Crippen LogP contribution in [-0.4, -0.2) is 25.8 Å². The smallest absolute Gasteiger partial charge is 0.244 e. The highest BCUT2D eigenvalue weighted by atomic mass is 32.2. The van der Waals surface area contributed by atoms with E-state index in [-0.39, 0.29) is 6.04 Å². The van der Waals surface area contributed by atoms with Crippen LogP contribution in [0.15, 0.2) is 28.5 Å². The molecule has 0 spiro atoms. The fourth-order valence-corrected chi connectivity index (χ4v) is 5.79. The summed E-state index contributed by atoms with van der Waals surface area (Å²) in [7, 11) is -1.82. The lowest BCUT2D eigenvalue weighted by Crippen LogP contribution is -2.36. The lowest BCUT2D eigenvalue weighted by molar-refractivity contribution is 0.388. The first-order valence-corrected chi connectivity index (χ1v) is 9.79. The van der Waals surface area contributed by atoms with Crippen molar-refractivity contribution in [2.75, 3.05) is 7.05 Å². The summed E-state index contributed by atoms with van der Waals surface area (Å²) in [6, 6.07) is 5.63. The fourth-order valence-electron chi connectivity index (χ4n) is 2.12. The first-order chi connectivity index (χ1) is 9.86. The van der Waals surface area contributed by atoms with E-state index in [0.29, 0.717) is 11.4 Å². The molecule has 1 atom stereocenters. The average molecular weight is 345 g/mol. The van der Waals surface area contributed by atoms with Crippen LogP contribution >= 0.6 is 22.7 Å². The maximum absolute atomic E-state index is 12.7. The van der Waals surface area contributed by atoms with Gasteiger partial charge in [0.05, 0.1) is 4.90 Å². The molecule has 0 aliphatic carbocycles. The van der Waals surface area contributed by atoms with E-state index >= 15 is 0 Å². The maximum Gasteiger partial charge on any atom is 0.244 e. The molecule has 0 aliphatic rings. The number of rotatable bonds is 6. The zero-order valence-electron chi connectivity index (χ0n) is 12.4. The minimum absolute atomic E-state index is 0.0886. The van der Waals surface area contributed by atoms with Crippen LogP contribution in [0.3, 0.4) is 0 Å². The van der Waals surface area contributed by atoms with Gasteiger partial charge in [0, 0.05) is 34.3 Å². The summed E-state index contributed by atoms with van der Waals surface area (Å²) in [6.07, 6.45) is 0.723. The Balaban J connectivity index is 2.23. The second-order valence-electron chi connectivity index (χ2n) is 4.99. The van der Waals surface area contributed by atoms with Crippen molar-refractivity contribution in [3.05, 3.63) is 38.2 Å². The molecule has 0 fully saturated rings. The molecule has 21 heavy (non-hydrogen) atoms. The van der Waals surface area contributed by atoms with Crippen molar-refractivity contribution in [2.45, 2.75) is 37.8 Å². The average Bonchev–Trinajstić information content (AvgIpc) is 3.07. The first kappa shape index (κ1) is 16.6. The van der Waals surface area contributed by atoms with Gasteiger partial charge in [0.2, 0.25) is 10.0 Å². The molecule has 7 heteroatoms. The van der Waals surface area contributed by atoms with E-state index in [1.807, 2.05) is 31.4 Å². The molecule has 2 rings (SSSR count). The van der Waals surface area contributed by atoms with Gasteiger partial charge in [0.1, 0.15) is 0 Å². The standard InChI is InChI=1S/C14H20N2O2S3/c1-10(7-12-5-4-6-19-12)16(3)21(17,18)14-8-13(9-15)20-11(14)2/h4-6,8,10H,7,9,15H2,1-3H3. The number of hydrogen-bond acceptors (Lipinski definition) is 5. The highest BCUT2D eigenvalue weighted by Crippen LogP contribution is 2.29. The monoisotopic (exact) mass is 344 g/mol. The van der Waals surface area contributed by atoms with Crippen LogP contribution in [0.25, 0.3) is 0 Å². The number of aryl methyl sites for hydroxylation is 1. The zero-order chi connectivity index (χ0) is 15.6. The van der Waals surface area contributed by atoms with Gasteiger partial charge in [-0.2, -0.15) is 4.31 Å². The highest BCUT2D eigenvalue weighted by molar-refractivity contribution is 7.89. The minimum Gasteiger partial charge on any atom is -0.326 e. The topological polar surface area (TPSA) is 63.4 Å². The molecule has 0 bridgehead atoms. The molecule has 0 saturated carbocycles. The van der Waals surface area contributed by atoms with E-state index in [1.165, 1.54) is 20.5 Å². The van der Waals surface area contributed by atoms with Crippen molar-refractivity contribution in [2.24, 2.45) is 5.73 Å². The van der Waals surface area contributed by atoms with Crippen LogP contribution in [0, 0.1) is 6.92 Å². The fraction of sp³-hybridized carbons (Fsp3) is 0.429. The Hall–Kier alpha value is -0.730. The number of hydrogen-bond donors (Lipinski definition) is 1. The van der Waals surface area contributed by atoms with Crippen LogP contribution < -0.4 is 5.73 Å². The molecule has 2 N–H and O–H groups in total. The first-order valence-electron chi connectivity index (χ1n) is 6.66. The largest absolute Gasteiger partial charge is 0.326 e. The molecule has 0 aliphatic heterocycles. The molecule has 0 saturated heterocycles. The van der Waals surface area contributed by atoms with Gasteiger partial charge in [-0.1, -0.05) is 6.07 Å². The van der Waals surface area contributed by atoms with E-state index in [0.717, 1.165) is 16.2 Å². The Bertz CT molecular complexity index is 690. The van der Waals surface area contributed by atoms with Gasteiger partial charge < -0.3 is 5.73 Å². The van der Waals surface area contributed by atoms with Gasteiger partial charge in [-0.15, -0.1) is 22.7 Å². The molecule has 0 amide bonds. The zero-order valence-corrected chi connectivity index (χ0v) is 14.8. The highest BCUT2D eigenvalue weighted by Gasteiger charge is 2.28. The maximum atomic E-state index is 12.7. The lowest BCUT2D eigenvalue weighted by atomic mass is 10.2. The van der Waals surface area contributed by atoms with E-state index < -0.39 is 10.0 Å². The molecule has 116 valence electrons.